The lowest BCUT2D eigenvalue weighted by Gasteiger charge is -2.17. The van der Waals surface area contributed by atoms with Crippen LogP contribution in [0.1, 0.15) is 18.0 Å². The molecule has 0 heterocycles. The first kappa shape index (κ1) is 12.0. The molecule has 5 heteroatoms. The molecule has 0 bridgehead atoms. The van der Waals surface area contributed by atoms with Crippen LogP contribution in [0.3, 0.4) is 0 Å². The minimum Gasteiger partial charge on any atom is -0.496 e. The SMILES string of the molecule is COc1ccccc1[C@H](CC(=O)O)NC=O. The highest BCUT2D eigenvalue weighted by atomic mass is 16.5. The van der Waals surface area contributed by atoms with Gasteiger partial charge in [-0.1, -0.05) is 18.2 Å². The maximum Gasteiger partial charge on any atom is 0.305 e. The van der Waals surface area contributed by atoms with Gasteiger partial charge < -0.3 is 15.2 Å². The smallest absolute Gasteiger partial charge is 0.305 e. The fourth-order valence-electron chi connectivity index (χ4n) is 1.47. The molecule has 0 aliphatic carbocycles. The first-order valence-electron chi connectivity index (χ1n) is 4.73. The first-order valence-corrected chi connectivity index (χ1v) is 4.73. The van der Waals surface area contributed by atoms with E-state index in [1.807, 2.05) is 0 Å². The van der Waals surface area contributed by atoms with E-state index in [0.717, 1.165) is 0 Å². The molecule has 0 aromatic heterocycles. The van der Waals surface area contributed by atoms with Gasteiger partial charge >= 0.3 is 5.97 Å². The van der Waals surface area contributed by atoms with Crippen molar-refractivity contribution in [2.45, 2.75) is 12.5 Å². The monoisotopic (exact) mass is 223 g/mol. The molecule has 0 spiro atoms. The molecule has 2 N–H and O–H groups in total. The zero-order valence-electron chi connectivity index (χ0n) is 8.84. The van der Waals surface area contributed by atoms with Gasteiger partial charge in [0.25, 0.3) is 0 Å². The second-order valence-electron chi connectivity index (χ2n) is 3.18. The Kier molecular flexibility index (Phi) is 4.32. The number of ether oxygens (including phenoxy) is 1. The van der Waals surface area contributed by atoms with Crippen LogP contribution in [0, 0.1) is 0 Å². The second kappa shape index (κ2) is 5.75. The number of hydrogen-bond acceptors (Lipinski definition) is 3. The van der Waals surface area contributed by atoms with Gasteiger partial charge in [-0.25, -0.2) is 0 Å². The van der Waals surface area contributed by atoms with E-state index in [-0.39, 0.29) is 6.42 Å². The first-order chi connectivity index (χ1) is 7.69. The third kappa shape index (κ3) is 2.98. The molecule has 1 rings (SSSR count). The third-order valence-corrected chi connectivity index (χ3v) is 2.16. The van der Waals surface area contributed by atoms with Crippen molar-refractivity contribution in [2.75, 3.05) is 7.11 Å². The van der Waals surface area contributed by atoms with Gasteiger partial charge in [0.05, 0.1) is 19.6 Å². The molecule has 1 aromatic rings. The molecule has 1 amide bonds. The molecule has 0 unspecified atom stereocenters. The molecule has 0 radical (unpaired) electrons. The predicted molar refractivity (Wildman–Crippen MR) is 57.2 cm³/mol. The van der Waals surface area contributed by atoms with Crippen molar-refractivity contribution in [1.29, 1.82) is 0 Å². The summed E-state index contributed by atoms with van der Waals surface area (Å²) in [6.45, 7) is 0. The normalized spacial score (nSPS) is 11.6. The number of carboxylic acid groups (broad SMARTS) is 1. The zero-order chi connectivity index (χ0) is 12.0. The summed E-state index contributed by atoms with van der Waals surface area (Å²) in [5.74, 6) is -0.423. The molecule has 5 nitrogen and oxygen atoms in total. The maximum absolute atomic E-state index is 10.7. The van der Waals surface area contributed by atoms with Crippen LogP contribution in [0.15, 0.2) is 24.3 Å². The van der Waals surface area contributed by atoms with Gasteiger partial charge in [-0.15, -0.1) is 0 Å². The van der Waals surface area contributed by atoms with Gasteiger partial charge in [0, 0.05) is 5.56 Å². The molecule has 0 aliphatic heterocycles. The van der Waals surface area contributed by atoms with Crippen molar-refractivity contribution >= 4 is 12.4 Å². The molecular weight excluding hydrogens is 210 g/mol. The van der Waals surface area contributed by atoms with Crippen LogP contribution in [0.2, 0.25) is 0 Å². The fraction of sp³-hybridized carbons (Fsp3) is 0.273. The lowest BCUT2D eigenvalue weighted by molar-refractivity contribution is -0.137. The van der Waals surface area contributed by atoms with Gasteiger partial charge in [0.2, 0.25) is 6.41 Å². The molecule has 0 saturated heterocycles. The van der Waals surface area contributed by atoms with Crippen LogP contribution < -0.4 is 10.1 Å². The van der Waals surface area contributed by atoms with Crippen LogP contribution in [0.25, 0.3) is 0 Å². The number of para-hydroxylation sites is 1. The Morgan fingerprint density at radius 2 is 2.25 bits per heavy atom. The van der Waals surface area contributed by atoms with Crippen LogP contribution in [0.4, 0.5) is 0 Å². The highest BCUT2D eigenvalue weighted by Gasteiger charge is 2.17. The topological polar surface area (TPSA) is 75.6 Å². The fourth-order valence-corrected chi connectivity index (χ4v) is 1.47. The van der Waals surface area contributed by atoms with Crippen LogP contribution in [-0.4, -0.2) is 24.6 Å². The number of amides is 1. The van der Waals surface area contributed by atoms with Crippen molar-refractivity contribution in [3.05, 3.63) is 29.8 Å². The van der Waals surface area contributed by atoms with Crippen LogP contribution in [-0.2, 0) is 9.59 Å². The Bertz CT molecular complexity index is 378. The number of carboxylic acids is 1. The summed E-state index contributed by atoms with van der Waals surface area (Å²) in [6, 6.07) is 6.41. The Morgan fingerprint density at radius 3 is 2.81 bits per heavy atom. The highest BCUT2D eigenvalue weighted by Crippen LogP contribution is 2.26. The summed E-state index contributed by atoms with van der Waals surface area (Å²) >= 11 is 0. The molecule has 16 heavy (non-hydrogen) atoms. The summed E-state index contributed by atoms with van der Waals surface area (Å²) in [5.41, 5.74) is 0.652. The molecular formula is C11H13NO4. The van der Waals surface area contributed by atoms with Gasteiger partial charge in [-0.3, -0.25) is 9.59 Å². The van der Waals surface area contributed by atoms with Gasteiger partial charge in [-0.05, 0) is 6.07 Å². The highest BCUT2D eigenvalue weighted by molar-refractivity contribution is 5.69. The standard InChI is InChI=1S/C11H13NO4/c1-16-10-5-3-2-4-8(10)9(12-7-13)6-11(14)15/h2-5,7,9H,6H2,1H3,(H,12,13)(H,14,15)/t9-/m0/s1. The van der Waals surface area contributed by atoms with Gasteiger partial charge in [0.1, 0.15) is 5.75 Å². The average Bonchev–Trinajstić information content (AvgIpc) is 2.28. The number of benzene rings is 1. The molecule has 1 aromatic carbocycles. The van der Waals surface area contributed by atoms with E-state index in [4.69, 9.17) is 9.84 Å². The van der Waals surface area contributed by atoms with Crippen LogP contribution in [0.5, 0.6) is 5.75 Å². The predicted octanol–water partition coefficient (Wildman–Crippen LogP) is 0.957. The van der Waals surface area contributed by atoms with E-state index < -0.39 is 12.0 Å². The van der Waals surface area contributed by atoms with Crippen molar-refractivity contribution in [3.8, 4) is 5.75 Å². The van der Waals surface area contributed by atoms with E-state index in [1.165, 1.54) is 7.11 Å². The largest absolute Gasteiger partial charge is 0.496 e. The number of nitrogens with one attached hydrogen (secondary N) is 1. The summed E-state index contributed by atoms with van der Waals surface area (Å²) < 4.78 is 5.11. The minimum absolute atomic E-state index is 0.181. The molecule has 0 saturated carbocycles. The zero-order valence-corrected chi connectivity index (χ0v) is 8.84. The van der Waals surface area contributed by atoms with Crippen molar-refractivity contribution in [2.24, 2.45) is 0 Å². The third-order valence-electron chi connectivity index (χ3n) is 2.16. The van der Waals surface area contributed by atoms with E-state index in [1.54, 1.807) is 24.3 Å². The molecule has 1 atom stereocenters. The van der Waals surface area contributed by atoms with Gasteiger partial charge in [-0.2, -0.15) is 0 Å². The summed E-state index contributed by atoms with van der Waals surface area (Å²) in [5, 5.41) is 11.2. The Morgan fingerprint density at radius 1 is 1.56 bits per heavy atom. The van der Waals surface area contributed by atoms with Gasteiger partial charge in [0.15, 0.2) is 0 Å². The Labute approximate surface area is 93.0 Å². The van der Waals surface area contributed by atoms with E-state index in [9.17, 15) is 9.59 Å². The molecule has 0 aliphatic rings. The number of rotatable bonds is 6. The number of carbonyl (C=O) groups is 2. The quantitative estimate of drug-likeness (QED) is 0.704. The number of hydrogen-bond donors (Lipinski definition) is 2. The van der Waals surface area contributed by atoms with Crippen LogP contribution >= 0.6 is 0 Å². The lowest BCUT2D eigenvalue weighted by atomic mass is 10.0. The van der Waals surface area contributed by atoms with Crippen molar-refractivity contribution in [1.82, 2.24) is 5.32 Å². The Balaban J connectivity index is 2.99. The minimum atomic E-state index is -0.981. The molecule has 0 fully saturated rings. The van der Waals surface area contributed by atoms with Crippen molar-refractivity contribution < 1.29 is 19.4 Å². The number of aliphatic carboxylic acids is 1. The van der Waals surface area contributed by atoms with E-state index in [0.29, 0.717) is 17.7 Å². The summed E-state index contributed by atoms with van der Waals surface area (Å²) in [4.78, 5) is 21.1. The van der Waals surface area contributed by atoms with E-state index >= 15 is 0 Å². The maximum atomic E-state index is 10.7. The molecule has 86 valence electrons. The Hall–Kier alpha value is -2.04. The number of carbonyl (C=O) groups excluding carboxylic acids is 1. The lowest BCUT2D eigenvalue weighted by Crippen LogP contribution is -2.22. The average molecular weight is 223 g/mol. The second-order valence-corrected chi connectivity index (χ2v) is 3.18. The van der Waals surface area contributed by atoms with E-state index in [2.05, 4.69) is 5.32 Å². The van der Waals surface area contributed by atoms with Crippen molar-refractivity contribution in [3.63, 3.8) is 0 Å². The summed E-state index contributed by atoms with van der Waals surface area (Å²) in [6.07, 6.45) is 0.305. The number of methoxy groups -OCH3 is 1. The summed E-state index contributed by atoms with van der Waals surface area (Å²) in [7, 11) is 1.50.